The third-order valence-corrected chi connectivity index (χ3v) is 14.5. The molecule has 0 radical (unpaired) electrons. The third kappa shape index (κ3) is 10.9. The highest BCUT2D eigenvalue weighted by Crippen LogP contribution is 2.69. The Morgan fingerprint density at radius 3 is 2.12 bits per heavy atom. The zero-order chi connectivity index (χ0) is 37.6. The molecule has 0 spiro atoms. The Labute approximate surface area is 317 Å². The second kappa shape index (κ2) is 21.7. The van der Waals surface area contributed by atoms with Gasteiger partial charge in [0, 0.05) is 31.6 Å². The minimum Gasteiger partial charge on any atom is -0.466 e. The van der Waals surface area contributed by atoms with Crippen LogP contribution in [-0.4, -0.2) is 69.7 Å². The number of hydrogen-bond donors (Lipinski definition) is 3. The number of esters is 2. The molecule has 302 valence electrons. The van der Waals surface area contributed by atoms with Crippen LogP contribution in [0.3, 0.4) is 0 Å². The van der Waals surface area contributed by atoms with Crippen LogP contribution in [0.4, 0.5) is 0 Å². The Kier molecular flexibility index (Phi) is 18.2. The van der Waals surface area contributed by atoms with Gasteiger partial charge < -0.3 is 36.1 Å². The second-order valence-electron chi connectivity index (χ2n) is 17.7. The summed E-state index contributed by atoms with van der Waals surface area (Å²) in [6.45, 7) is 13.0. The molecule has 4 fully saturated rings. The summed E-state index contributed by atoms with van der Waals surface area (Å²) >= 11 is 0. The minimum atomic E-state index is -0.201. The first-order chi connectivity index (χ1) is 25.1. The number of fused-ring (bicyclic) bond motifs is 5. The van der Waals surface area contributed by atoms with Gasteiger partial charge in [0.1, 0.15) is 6.10 Å². The number of ether oxygens (including phenoxy) is 4. The van der Waals surface area contributed by atoms with E-state index < -0.39 is 0 Å². The van der Waals surface area contributed by atoms with Crippen molar-refractivity contribution >= 4 is 11.9 Å². The molecule has 9 heteroatoms. The van der Waals surface area contributed by atoms with E-state index >= 15 is 0 Å². The quantitative estimate of drug-likeness (QED) is 0.0670. The third-order valence-electron chi connectivity index (χ3n) is 14.5. The molecule has 0 heterocycles. The van der Waals surface area contributed by atoms with Crippen LogP contribution < -0.4 is 17.2 Å². The Hall–Kier alpha value is -1.26. The molecule has 11 atom stereocenters. The zero-order valence-corrected chi connectivity index (χ0v) is 33.8. The van der Waals surface area contributed by atoms with E-state index in [9.17, 15) is 9.59 Å². The van der Waals surface area contributed by atoms with E-state index in [1.54, 1.807) is 0 Å². The first-order valence-electron chi connectivity index (χ1n) is 21.8. The lowest BCUT2D eigenvalue weighted by molar-refractivity contribution is -0.226. The normalized spacial score (nSPS) is 34.6. The van der Waals surface area contributed by atoms with Gasteiger partial charge in [0.25, 0.3) is 0 Å². The lowest BCUT2D eigenvalue weighted by Gasteiger charge is -2.64. The molecule has 4 aliphatic carbocycles. The number of hydrogen-bond acceptors (Lipinski definition) is 9. The lowest BCUT2D eigenvalue weighted by atomic mass is 9.43. The molecule has 4 aliphatic rings. The maximum absolute atomic E-state index is 13.3. The van der Waals surface area contributed by atoms with Crippen LogP contribution in [0.2, 0.25) is 0 Å². The summed E-state index contributed by atoms with van der Waals surface area (Å²) in [4.78, 5) is 26.2. The fourth-order valence-electron chi connectivity index (χ4n) is 11.6. The SMILES string of the molecule is CCCCCCCCCCOC(=O)CC[C@@H](C)[C@H]1CC[C@H]2[C@@H]3[C@H](OCCCN)C[C@@H]4C[C@H](OCCCN)CC[C@]4(C)[C@H]3C[C@H](OC(=O)CCN)[C@]12C. The highest BCUT2D eigenvalue weighted by Gasteiger charge is 2.67. The molecule has 4 rings (SSSR count). The number of rotatable bonds is 24. The van der Waals surface area contributed by atoms with E-state index in [4.69, 9.17) is 36.1 Å². The molecule has 0 aromatic heterocycles. The molecule has 0 saturated heterocycles. The summed E-state index contributed by atoms with van der Waals surface area (Å²) in [6.07, 6.45) is 20.6. The fraction of sp³-hybridized carbons (Fsp3) is 0.953. The Morgan fingerprint density at radius 2 is 1.42 bits per heavy atom. The van der Waals surface area contributed by atoms with Crippen molar-refractivity contribution < 1.29 is 28.5 Å². The number of carbonyl (C=O) groups is 2. The number of carbonyl (C=O) groups excluding carboxylic acids is 2. The van der Waals surface area contributed by atoms with E-state index in [2.05, 4.69) is 27.7 Å². The lowest BCUT2D eigenvalue weighted by Crippen LogP contribution is -2.63. The van der Waals surface area contributed by atoms with Crippen LogP contribution in [0.15, 0.2) is 0 Å². The van der Waals surface area contributed by atoms with Crippen LogP contribution in [0.5, 0.6) is 0 Å². The summed E-state index contributed by atoms with van der Waals surface area (Å²) in [5.74, 6) is 2.06. The molecular formula is C43H79N3O6. The van der Waals surface area contributed by atoms with Gasteiger partial charge >= 0.3 is 11.9 Å². The van der Waals surface area contributed by atoms with Crippen molar-refractivity contribution in [1.82, 2.24) is 0 Å². The molecule has 0 aromatic carbocycles. The van der Waals surface area contributed by atoms with Gasteiger partial charge in [0.15, 0.2) is 0 Å². The van der Waals surface area contributed by atoms with Crippen molar-refractivity contribution in [2.24, 2.45) is 63.5 Å². The first-order valence-corrected chi connectivity index (χ1v) is 21.8. The number of nitrogens with two attached hydrogens (primary N) is 3. The molecule has 0 aliphatic heterocycles. The highest BCUT2D eigenvalue weighted by molar-refractivity contribution is 5.70. The molecule has 0 unspecified atom stereocenters. The topological polar surface area (TPSA) is 149 Å². The largest absolute Gasteiger partial charge is 0.466 e. The van der Waals surface area contributed by atoms with E-state index in [-0.39, 0.29) is 47.5 Å². The van der Waals surface area contributed by atoms with Crippen molar-refractivity contribution in [2.75, 3.05) is 39.5 Å². The highest BCUT2D eigenvalue weighted by atomic mass is 16.5. The predicted octanol–water partition coefficient (Wildman–Crippen LogP) is 7.69. The summed E-state index contributed by atoms with van der Waals surface area (Å²) < 4.78 is 25.5. The first kappa shape index (κ1) is 43.5. The fourth-order valence-corrected chi connectivity index (χ4v) is 11.6. The number of unbranched alkanes of at least 4 members (excludes halogenated alkanes) is 7. The predicted molar refractivity (Wildman–Crippen MR) is 208 cm³/mol. The van der Waals surface area contributed by atoms with Gasteiger partial charge in [-0.2, -0.15) is 0 Å². The van der Waals surface area contributed by atoms with Crippen molar-refractivity contribution in [2.45, 2.75) is 174 Å². The average Bonchev–Trinajstić information content (AvgIpc) is 3.49. The standard InChI is InChI=1S/C43H79N3O6/c1-5-6-7-8-9-10-11-12-25-51-39(47)18-15-31(2)34-16-17-35-41-36(30-38(43(34,35)4)52-40(48)20-24-46)42(3)21-19-33(49-26-13-22-44)28-32(42)29-37(41)50-27-14-23-45/h31-38,41H,5-30,44-46H2,1-4H3/t31-,32+,33-,34-,35+,36+,37-,38+,41+,42+,43-/m1/s1. The smallest absolute Gasteiger partial charge is 0.307 e. The summed E-state index contributed by atoms with van der Waals surface area (Å²) in [6, 6.07) is 0. The maximum atomic E-state index is 13.3. The molecule has 9 nitrogen and oxygen atoms in total. The molecule has 4 saturated carbocycles. The Balaban J connectivity index is 1.46. The van der Waals surface area contributed by atoms with Crippen LogP contribution in [0.25, 0.3) is 0 Å². The zero-order valence-electron chi connectivity index (χ0n) is 33.8. The van der Waals surface area contributed by atoms with Gasteiger partial charge in [-0.25, -0.2) is 0 Å². The van der Waals surface area contributed by atoms with E-state index in [0.29, 0.717) is 74.8 Å². The van der Waals surface area contributed by atoms with Crippen molar-refractivity contribution in [3.8, 4) is 0 Å². The van der Waals surface area contributed by atoms with E-state index in [0.717, 1.165) is 83.7 Å². The van der Waals surface area contributed by atoms with Gasteiger partial charge in [-0.15, -0.1) is 0 Å². The Morgan fingerprint density at radius 1 is 0.731 bits per heavy atom. The van der Waals surface area contributed by atoms with Gasteiger partial charge in [0.05, 0.1) is 25.2 Å². The summed E-state index contributed by atoms with van der Waals surface area (Å²) in [7, 11) is 0. The molecule has 0 aromatic rings. The second-order valence-corrected chi connectivity index (χ2v) is 17.7. The van der Waals surface area contributed by atoms with Crippen LogP contribution in [0.1, 0.15) is 156 Å². The average molecular weight is 734 g/mol. The van der Waals surface area contributed by atoms with Gasteiger partial charge in [-0.3, -0.25) is 9.59 Å². The molecule has 0 amide bonds. The Bertz CT molecular complexity index is 1060. The van der Waals surface area contributed by atoms with E-state index in [1.165, 1.54) is 38.5 Å². The molecule has 0 bridgehead atoms. The van der Waals surface area contributed by atoms with Crippen molar-refractivity contribution in [3.63, 3.8) is 0 Å². The van der Waals surface area contributed by atoms with Gasteiger partial charge in [-0.1, -0.05) is 72.6 Å². The van der Waals surface area contributed by atoms with E-state index in [1.807, 2.05) is 0 Å². The molecule has 52 heavy (non-hydrogen) atoms. The molecular weight excluding hydrogens is 654 g/mol. The minimum absolute atomic E-state index is 0.0775. The van der Waals surface area contributed by atoms with Crippen LogP contribution >= 0.6 is 0 Å². The van der Waals surface area contributed by atoms with Gasteiger partial charge in [0.2, 0.25) is 0 Å². The van der Waals surface area contributed by atoms with Crippen molar-refractivity contribution in [3.05, 3.63) is 0 Å². The summed E-state index contributed by atoms with van der Waals surface area (Å²) in [5, 5.41) is 0. The van der Waals surface area contributed by atoms with Gasteiger partial charge in [-0.05, 0) is 125 Å². The van der Waals surface area contributed by atoms with Crippen LogP contribution in [-0.2, 0) is 28.5 Å². The molecule has 6 N–H and O–H groups in total. The van der Waals surface area contributed by atoms with Crippen LogP contribution in [0, 0.1) is 46.3 Å². The summed E-state index contributed by atoms with van der Waals surface area (Å²) in [5.41, 5.74) is 17.5. The van der Waals surface area contributed by atoms with Crippen molar-refractivity contribution in [1.29, 1.82) is 0 Å². The maximum Gasteiger partial charge on any atom is 0.307 e. The monoisotopic (exact) mass is 734 g/mol.